The molecule has 2 rings (SSSR count). The topological polar surface area (TPSA) is 32.8 Å². The van der Waals surface area contributed by atoms with Crippen LogP contribution in [0.25, 0.3) is 0 Å². The van der Waals surface area contributed by atoms with Crippen LogP contribution < -0.4 is 0 Å². The number of urea groups is 1. The number of hydrogen-bond acceptors (Lipinski definition) is 2. The minimum absolute atomic E-state index is 0.0769. The van der Waals surface area contributed by atoms with Gasteiger partial charge in [-0.3, -0.25) is 0 Å². The number of amides is 2. The number of carbonyl (C=O) groups excluding carboxylic acids is 1. The highest BCUT2D eigenvalue weighted by atomic mass is 16.5. The first-order chi connectivity index (χ1) is 9.16. The zero-order chi connectivity index (χ0) is 13.7. The lowest BCUT2D eigenvalue weighted by Gasteiger charge is -2.34. The summed E-state index contributed by atoms with van der Waals surface area (Å²) in [6.45, 7) is 2.03. The minimum Gasteiger partial charge on any atom is -0.375 e. The van der Waals surface area contributed by atoms with Crippen molar-refractivity contribution in [2.45, 2.75) is 18.9 Å². The van der Waals surface area contributed by atoms with E-state index in [0.717, 1.165) is 12.8 Å². The molecule has 1 saturated heterocycles. The molecular weight excluding hydrogens is 240 g/mol. The monoisotopic (exact) mass is 262 g/mol. The molecule has 1 heterocycles. The summed E-state index contributed by atoms with van der Waals surface area (Å²) < 4.78 is 5.75. The summed E-state index contributed by atoms with van der Waals surface area (Å²) in [7, 11) is 3.58. The van der Waals surface area contributed by atoms with Gasteiger partial charge in [0.1, 0.15) is 0 Å². The van der Waals surface area contributed by atoms with Crippen molar-refractivity contribution in [3.63, 3.8) is 0 Å². The Balaban J connectivity index is 1.83. The molecule has 1 unspecified atom stereocenters. The number of benzene rings is 1. The average molecular weight is 262 g/mol. The van der Waals surface area contributed by atoms with Crippen molar-refractivity contribution >= 4 is 6.03 Å². The number of carbonyl (C=O) groups is 1. The summed E-state index contributed by atoms with van der Waals surface area (Å²) >= 11 is 0. The van der Waals surface area contributed by atoms with Crippen LogP contribution >= 0.6 is 0 Å². The lowest BCUT2D eigenvalue weighted by atomic mass is 10.1. The van der Waals surface area contributed by atoms with Crippen LogP contribution in [0.5, 0.6) is 0 Å². The Morgan fingerprint density at radius 3 is 2.79 bits per heavy atom. The van der Waals surface area contributed by atoms with Gasteiger partial charge in [-0.1, -0.05) is 30.3 Å². The molecule has 0 radical (unpaired) electrons. The summed E-state index contributed by atoms with van der Waals surface area (Å²) in [5, 5.41) is 0. The summed E-state index contributed by atoms with van der Waals surface area (Å²) in [6.07, 6.45) is 2.11. The first-order valence-corrected chi connectivity index (χ1v) is 6.78. The van der Waals surface area contributed by atoms with E-state index in [2.05, 4.69) is 24.3 Å². The maximum absolute atomic E-state index is 11.9. The fourth-order valence-corrected chi connectivity index (χ4v) is 2.32. The Morgan fingerprint density at radius 2 is 2.11 bits per heavy atom. The molecule has 0 aliphatic carbocycles. The summed E-state index contributed by atoms with van der Waals surface area (Å²) in [5.41, 5.74) is 1.32. The number of aryl methyl sites for hydroxylation is 1. The van der Waals surface area contributed by atoms with Gasteiger partial charge < -0.3 is 14.5 Å². The highest BCUT2D eigenvalue weighted by Gasteiger charge is 2.24. The van der Waals surface area contributed by atoms with Crippen molar-refractivity contribution in [2.24, 2.45) is 0 Å². The van der Waals surface area contributed by atoms with E-state index in [1.54, 1.807) is 19.0 Å². The normalized spacial score (nSPS) is 19.3. The standard InChI is InChI=1S/C15H22N2O2/c1-16(2)15(18)17-10-11-19-14(12-17)9-8-13-6-4-3-5-7-13/h3-7,14H,8-12H2,1-2H3. The van der Waals surface area contributed by atoms with Crippen LogP contribution in [0.3, 0.4) is 0 Å². The lowest BCUT2D eigenvalue weighted by molar-refractivity contribution is -0.0209. The molecule has 0 saturated carbocycles. The van der Waals surface area contributed by atoms with Gasteiger partial charge in [0, 0.05) is 27.2 Å². The minimum atomic E-state index is 0.0769. The van der Waals surface area contributed by atoms with Crippen molar-refractivity contribution in [1.29, 1.82) is 0 Å². The van der Waals surface area contributed by atoms with Gasteiger partial charge in [-0.15, -0.1) is 0 Å². The van der Waals surface area contributed by atoms with Crippen molar-refractivity contribution in [3.05, 3.63) is 35.9 Å². The van der Waals surface area contributed by atoms with E-state index in [-0.39, 0.29) is 12.1 Å². The van der Waals surface area contributed by atoms with Gasteiger partial charge in [0.15, 0.2) is 0 Å². The Bertz CT molecular complexity index is 406. The van der Waals surface area contributed by atoms with Crippen LogP contribution in [0.15, 0.2) is 30.3 Å². The number of morpholine rings is 1. The predicted octanol–water partition coefficient (Wildman–Crippen LogP) is 2.00. The largest absolute Gasteiger partial charge is 0.375 e. The smallest absolute Gasteiger partial charge is 0.319 e. The van der Waals surface area contributed by atoms with Crippen LogP contribution in [-0.4, -0.2) is 55.7 Å². The van der Waals surface area contributed by atoms with E-state index >= 15 is 0 Å². The van der Waals surface area contributed by atoms with Crippen LogP contribution in [0.4, 0.5) is 4.79 Å². The fourth-order valence-electron chi connectivity index (χ4n) is 2.32. The molecule has 1 fully saturated rings. The average Bonchev–Trinajstić information content (AvgIpc) is 2.45. The third-order valence-corrected chi connectivity index (χ3v) is 3.39. The van der Waals surface area contributed by atoms with Gasteiger partial charge in [-0.05, 0) is 18.4 Å². The molecule has 0 N–H and O–H groups in total. The van der Waals surface area contributed by atoms with Crippen LogP contribution in [0.1, 0.15) is 12.0 Å². The van der Waals surface area contributed by atoms with E-state index in [4.69, 9.17) is 4.74 Å². The molecule has 1 aromatic carbocycles. The molecule has 4 nitrogen and oxygen atoms in total. The van der Waals surface area contributed by atoms with Crippen LogP contribution in [0, 0.1) is 0 Å². The van der Waals surface area contributed by atoms with E-state index in [1.807, 2.05) is 11.0 Å². The second kappa shape index (κ2) is 6.57. The second-order valence-electron chi connectivity index (χ2n) is 5.14. The SMILES string of the molecule is CN(C)C(=O)N1CCOC(CCc2ccccc2)C1. The first kappa shape index (κ1) is 13.9. The maximum atomic E-state index is 11.9. The lowest BCUT2D eigenvalue weighted by Crippen LogP contribution is -2.49. The molecule has 19 heavy (non-hydrogen) atoms. The van der Waals surface area contributed by atoms with E-state index in [0.29, 0.717) is 19.7 Å². The van der Waals surface area contributed by atoms with Gasteiger partial charge in [-0.25, -0.2) is 4.79 Å². The molecular formula is C15H22N2O2. The third-order valence-electron chi connectivity index (χ3n) is 3.39. The van der Waals surface area contributed by atoms with E-state index in [1.165, 1.54) is 5.56 Å². The van der Waals surface area contributed by atoms with Crippen molar-refractivity contribution in [2.75, 3.05) is 33.8 Å². The number of hydrogen-bond donors (Lipinski definition) is 0. The molecule has 4 heteroatoms. The molecule has 1 aliphatic rings. The third kappa shape index (κ3) is 3.96. The van der Waals surface area contributed by atoms with Crippen LogP contribution in [-0.2, 0) is 11.2 Å². The van der Waals surface area contributed by atoms with Crippen molar-refractivity contribution in [1.82, 2.24) is 9.80 Å². The summed E-state index contributed by atoms with van der Waals surface area (Å²) in [6, 6.07) is 10.5. The quantitative estimate of drug-likeness (QED) is 0.834. The summed E-state index contributed by atoms with van der Waals surface area (Å²) in [5.74, 6) is 0. The molecule has 1 aliphatic heterocycles. The highest BCUT2D eigenvalue weighted by Crippen LogP contribution is 2.13. The number of ether oxygens (including phenoxy) is 1. The fraction of sp³-hybridized carbons (Fsp3) is 0.533. The Hall–Kier alpha value is -1.55. The zero-order valence-corrected chi connectivity index (χ0v) is 11.7. The zero-order valence-electron chi connectivity index (χ0n) is 11.7. The Labute approximate surface area is 115 Å². The van der Waals surface area contributed by atoms with Crippen molar-refractivity contribution in [3.8, 4) is 0 Å². The molecule has 0 spiro atoms. The first-order valence-electron chi connectivity index (χ1n) is 6.78. The predicted molar refractivity (Wildman–Crippen MR) is 75.2 cm³/mol. The van der Waals surface area contributed by atoms with Gasteiger partial charge in [0.25, 0.3) is 0 Å². The molecule has 2 amide bonds. The van der Waals surface area contributed by atoms with Crippen molar-refractivity contribution < 1.29 is 9.53 Å². The summed E-state index contributed by atoms with van der Waals surface area (Å²) in [4.78, 5) is 15.4. The second-order valence-corrected chi connectivity index (χ2v) is 5.14. The van der Waals surface area contributed by atoms with Gasteiger partial charge in [0.2, 0.25) is 0 Å². The van der Waals surface area contributed by atoms with Gasteiger partial charge in [0.05, 0.1) is 12.7 Å². The van der Waals surface area contributed by atoms with Gasteiger partial charge in [-0.2, -0.15) is 0 Å². The van der Waals surface area contributed by atoms with Gasteiger partial charge >= 0.3 is 6.03 Å². The molecule has 1 atom stereocenters. The highest BCUT2D eigenvalue weighted by molar-refractivity contribution is 5.73. The number of rotatable bonds is 3. The Morgan fingerprint density at radius 1 is 1.37 bits per heavy atom. The Kier molecular flexibility index (Phi) is 4.80. The van der Waals surface area contributed by atoms with E-state index in [9.17, 15) is 4.79 Å². The van der Waals surface area contributed by atoms with E-state index < -0.39 is 0 Å². The molecule has 1 aromatic rings. The number of nitrogens with zero attached hydrogens (tertiary/aromatic N) is 2. The molecule has 0 aromatic heterocycles. The maximum Gasteiger partial charge on any atom is 0.319 e. The van der Waals surface area contributed by atoms with Crippen LogP contribution in [0.2, 0.25) is 0 Å². The molecule has 104 valence electrons. The molecule has 0 bridgehead atoms.